The Morgan fingerprint density at radius 3 is 2.52 bits per heavy atom. The maximum atomic E-state index is 12.4. The van der Waals surface area contributed by atoms with E-state index in [-0.39, 0.29) is 5.91 Å². The molecule has 0 unspecified atom stereocenters. The zero-order chi connectivity index (χ0) is 20.1. The molecule has 6 nitrogen and oxygen atoms in total. The summed E-state index contributed by atoms with van der Waals surface area (Å²) in [5.41, 5.74) is 4.61. The molecule has 3 aromatic rings. The second kappa shape index (κ2) is 8.75. The van der Waals surface area contributed by atoms with Crippen LogP contribution < -0.4 is 15.5 Å². The van der Waals surface area contributed by atoms with E-state index < -0.39 is 0 Å². The predicted octanol–water partition coefficient (Wildman–Crippen LogP) is 4.22. The molecule has 0 aliphatic carbocycles. The third kappa shape index (κ3) is 4.55. The summed E-state index contributed by atoms with van der Waals surface area (Å²) in [6.45, 7) is 5.15. The number of nitrogens with one attached hydrogen (secondary N) is 2. The van der Waals surface area contributed by atoms with Crippen LogP contribution in [0.5, 0.6) is 0 Å². The maximum Gasteiger partial charge on any atom is 0.257 e. The largest absolute Gasteiger partial charge is 0.378 e. The molecule has 148 valence electrons. The molecule has 1 aliphatic heterocycles. The monoisotopic (exact) mass is 388 g/mol. The first-order valence-electron chi connectivity index (χ1n) is 9.72. The zero-order valence-corrected chi connectivity index (χ0v) is 16.4. The minimum atomic E-state index is -0.158. The highest BCUT2D eigenvalue weighted by atomic mass is 16.5. The van der Waals surface area contributed by atoms with Gasteiger partial charge in [-0.25, -0.2) is 4.98 Å². The van der Waals surface area contributed by atoms with Gasteiger partial charge in [0.05, 0.1) is 36.5 Å². The molecule has 1 fully saturated rings. The normalized spacial score (nSPS) is 13.8. The number of rotatable bonds is 5. The number of anilines is 4. The number of aromatic nitrogens is 1. The SMILES string of the molecule is Cc1ccccc1C(=O)Nc1ccc(Nc2ccccc2N2CCOCC2)cn1. The average Bonchev–Trinajstić information content (AvgIpc) is 2.76. The van der Waals surface area contributed by atoms with Gasteiger partial charge in [-0.05, 0) is 42.8 Å². The molecular weight excluding hydrogens is 364 g/mol. The highest BCUT2D eigenvalue weighted by molar-refractivity contribution is 6.04. The predicted molar refractivity (Wildman–Crippen MR) is 116 cm³/mol. The van der Waals surface area contributed by atoms with E-state index in [1.54, 1.807) is 12.3 Å². The van der Waals surface area contributed by atoms with Gasteiger partial charge in [0.15, 0.2) is 0 Å². The van der Waals surface area contributed by atoms with E-state index in [1.165, 1.54) is 0 Å². The molecular formula is C23H24N4O2. The third-order valence-corrected chi connectivity index (χ3v) is 4.93. The molecule has 0 spiro atoms. The average molecular weight is 388 g/mol. The van der Waals surface area contributed by atoms with Crippen LogP contribution in [0.1, 0.15) is 15.9 Å². The van der Waals surface area contributed by atoms with Crippen molar-refractivity contribution in [2.75, 3.05) is 41.8 Å². The number of para-hydroxylation sites is 2. The summed E-state index contributed by atoms with van der Waals surface area (Å²) >= 11 is 0. The van der Waals surface area contributed by atoms with Crippen LogP contribution in [0.4, 0.5) is 22.9 Å². The topological polar surface area (TPSA) is 66.5 Å². The number of hydrogen-bond acceptors (Lipinski definition) is 5. The number of ether oxygens (including phenoxy) is 1. The van der Waals surface area contributed by atoms with Gasteiger partial charge >= 0.3 is 0 Å². The fraction of sp³-hybridized carbons (Fsp3) is 0.217. The summed E-state index contributed by atoms with van der Waals surface area (Å²) < 4.78 is 5.46. The van der Waals surface area contributed by atoms with Crippen molar-refractivity contribution in [1.29, 1.82) is 0 Å². The smallest absolute Gasteiger partial charge is 0.257 e. The third-order valence-electron chi connectivity index (χ3n) is 4.93. The van der Waals surface area contributed by atoms with Gasteiger partial charge in [-0.2, -0.15) is 0 Å². The van der Waals surface area contributed by atoms with Crippen LogP contribution in [0.2, 0.25) is 0 Å². The van der Waals surface area contributed by atoms with Crippen LogP contribution in [0, 0.1) is 6.92 Å². The first-order valence-corrected chi connectivity index (χ1v) is 9.72. The number of pyridine rings is 1. The number of hydrogen-bond donors (Lipinski definition) is 2. The quantitative estimate of drug-likeness (QED) is 0.685. The molecule has 1 saturated heterocycles. The molecule has 2 aromatic carbocycles. The Balaban J connectivity index is 1.45. The van der Waals surface area contributed by atoms with Gasteiger partial charge in [0, 0.05) is 18.7 Å². The Kier molecular flexibility index (Phi) is 5.72. The van der Waals surface area contributed by atoms with E-state index in [2.05, 4.69) is 32.7 Å². The van der Waals surface area contributed by atoms with E-state index >= 15 is 0 Å². The molecule has 29 heavy (non-hydrogen) atoms. The number of carbonyl (C=O) groups excluding carboxylic acids is 1. The molecule has 2 heterocycles. The van der Waals surface area contributed by atoms with Crippen LogP contribution in [0.25, 0.3) is 0 Å². The number of benzene rings is 2. The summed E-state index contributed by atoms with van der Waals surface area (Å²) in [4.78, 5) is 19.1. The number of morpholine rings is 1. The van der Waals surface area contributed by atoms with Crippen molar-refractivity contribution in [3.05, 3.63) is 78.0 Å². The van der Waals surface area contributed by atoms with Crippen LogP contribution in [0.15, 0.2) is 66.9 Å². The van der Waals surface area contributed by atoms with E-state index in [1.807, 2.05) is 49.4 Å². The van der Waals surface area contributed by atoms with E-state index in [4.69, 9.17) is 4.74 Å². The summed E-state index contributed by atoms with van der Waals surface area (Å²) in [6, 6.07) is 19.4. The van der Waals surface area contributed by atoms with Crippen molar-refractivity contribution < 1.29 is 9.53 Å². The van der Waals surface area contributed by atoms with Gasteiger partial charge in [0.1, 0.15) is 5.82 Å². The molecule has 1 aromatic heterocycles. The van der Waals surface area contributed by atoms with E-state index in [0.29, 0.717) is 11.4 Å². The van der Waals surface area contributed by atoms with Crippen molar-refractivity contribution in [3.8, 4) is 0 Å². The highest BCUT2D eigenvalue weighted by Crippen LogP contribution is 2.29. The minimum absolute atomic E-state index is 0.158. The number of carbonyl (C=O) groups is 1. The van der Waals surface area contributed by atoms with Gasteiger partial charge in [0.2, 0.25) is 0 Å². The molecule has 0 atom stereocenters. The lowest BCUT2D eigenvalue weighted by molar-refractivity contribution is 0.102. The Morgan fingerprint density at radius 2 is 1.76 bits per heavy atom. The summed E-state index contributed by atoms with van der Waals surface area (Å²) in [7, 11) is 0. The van der Waals surface area contributed by atoms with Crippen molar-refractivity contribution in [1.82, 2.24) is 4.98 Å². The molecule has 4 rings (SSSR count). The van der Waals surface area contributed by atoms with Gasteiger partial charge < -0.3 is 20.3 Å². The Morgan fingerprint density at radius 1 is 1.00 bits per heavy atom. The van der Waals surface area contributed by atoms with Gasteiger partial charge in [-0.15, -0.1) is 0 Å². The van der Waals surface area contributed by atoms with Crippen LogP contribution >= 0.6 is 0 Å². The van der Waals surface area contributed by atoms with Crippen molar-refractivity contribution in [2.24, 2.45) is 0 Å². The van der Waals surface area contributed by atoms with Crippen molar-refractivity contribution >= 4 is 28.8 Å². The highest BCUT2D eigenvalue weighted by Gasteiger charge is 2.15. The lowest BCUT2D eigenvalue weighted by Crippen LogP contribution is -2.36. The molecule has 2 N–H and O–H groups in total. The van der Waals surface area contributed by atoms with Crippen LogP contribution in [-0.4, -0.2) is 37.2 Å². The van der Waals surface area contributed by atoms with Crippen molar-refractivity contribution in [3.63, 3.8) is 0 Å². The van der Waals surface area contributed by atoms with Gasteiger partial charge in [-0.3, -0.25) is 4.79 Å². The Hall–Kier alpha value is -3.38. The van der Waals surface area contributed by atoms with Gasteiger partial charge in [0.25, 0.3) is 5.91 Å². The Labute approximate surface area is 170 Å². The van der Waals surface area contributed by atoms with Crippen molar-refractivity contribution in [2.45, 2.75) is 6.92 Å². The summed E-state index contributed by atoms with van der Waals surface area (Å²) in [6.07, 6.45) is 1.73. The fourth-order valence-electron chi connectivity index (χ4n) is 3.37. The second-order valence-corrected chi connectivity index (χ2v) is 6.94. The lowest BCUT2D eigenvalue weighted by Gasteiger charge is -2.30. The first-order chi connectivity index (χ1) is 14.2. The van der Waals surface area contributed by atoms with Crippen LogP contribution in [0.3, 0.4) is 0 Å². The standard InChI is InChI=1S/C23H24N4O2/c1-17-6-2-3-7-19(17)23(28)26-22-11-10-18(16-24-22)25-20-8-4-5-9-21(20)27-12-14-29-15-13-27/h2-11,16,25H,12-15H2,1H3,(H,24,26,28). The van der Waals surface area contributed by atoms with Gasteiger partial charge in [-0.1, -0.05) is 30.3 Å². The lowest BCUT2D eigenvalue weighted by atomic mass is 10.1. The molecule has 0 saturated carbocycles. The zero-order valence-electron chi connectivity index (χ0n) is 16.4. The first kappa shape index (κ1) is 19.0. The minimum Gasteiger partial charge on any atom is -0.378 e. The van der Waals surface area contributed by atoms with E-state index in [0.717, 1.165) is 48.9 Å². The molecule has 1 aliphatic rings. The van der Waals surface area contributed by atoms with E-state index in [9.17, 15) is 4.79 Å². The molecule has 1 amide bonds. The number of amides is 1. The summed E-state index contributed by atoms with van der Waals surface area (Å²) in [5.74, 6) is 0.360. The van der Waals surface area contributed by atoms with Crippen LogP contribution in [-0.2, 0) is 4.74 Å². The molecule has 0 bridgehead atoms. The molecule has 6 heteroatoms. The number of aryl methyl sites for hydroxylation is 1. The number of nitrogens with zero attached hydrogens (tertiary/aromatic N) is 2. The second-order valence-electron chi connectivity index (χ2n) is 6.94. The Bertz CT molecular complexity index is 982. The maximum absolute atomic E-state index is 12.4. The summed E-state index contributed by atoms with van der Waals surface area (Å²) in [5, 5.41) is 6.29. The fourth-order valence-corrected chi connectivity index (χ4v) is 3.37. The molecule has 0 radical (unpaired) electrons.